The molecule has 1 aliphatic rings. The lowest BCUT2D eigenvalue weighted by atomic mass is 10.1. The van der Waals surface area contributed by atoms with Gasteiger partial charge in [0, 0.05) is 37.8 Å². The van der Waals surface area contributed by atoms with Gasteiger partial charge in [-0.3, -0.25) is 15.0 Å². The number of fused-ring (bicyclic) bond motifs is 1. The number of nitrogens with two attached hydrogens (primary N) is 1. The van der Waals surface area contributed by atoms with Gasteiger partial charge in [-0.15, -0.1) is 0 Å². The second kappa shape index (κ2) is 6.25. The lowest BCUT2D eigenvalue weighted by Gasteiger charge is -2.20. The van der Waals surface area contributed by atoms with Crippen LogP contribution in [-0.2, 0) is 19.5 Å². The number of hydrogen-bond donors (Lipinski definition) is 1. The average molecular weight is 297 g/mol. The highest BCUT2D eigenvalue weighted by Crippen LogP contribution is 2.22. The van der Waals surface area contributed by atoms with E-state index >= 15 is 0 Å². The molecule has 0 fully saturated rings. The second-order valence-electron chi connectivity index (χ2n) is 5.83. The first-order valence-corrected chi connectivity index (χ1v) is 7.40. The van der Waals surface area contributed by atoms with Gasteiger partial charge >= 0.3 is 0 Å². The van der Waals surface area contributed by atoms with E-state index in [1.54, 1.807) is 12.1 Å². The van der Waals surface area contributed by atoms with Gasteiger partial charge in [0.15, 0.2) is 0 Å². The van der Waals surface area contributed by atoms with Gasteiger partial charge in [-0.2, -0.15) is 0 Å². The quantitative estimate of drug-likeness (QED) is 0.680. The Kier molecular flexibility index (Phi) is 4.18. The monoisotopic (exact) mass is 297 g/mol. The smallest absolute Gasteiger partial charge is 0.269 e. The third-order valence-corrected chi connectivity index (χ3v) is 4.02. The third kappa shape index (κ3) is 3.32. The fraction of sp³-hybridized carbons (Fsp3) is 0.294. The Hall–Kier alpha value is -2.24. The SMILES string of the molecule is N[C@H](Cc1cccc([N+](=O)[O-])c1)CN1Cc2ccccc2C1. The number of hydrogen-bond acceptors (Lipinski definition) is 4. The average Bonchev–Trinajstić information content (AvgIpc) is 2.89. The van der Waals surface area contributed by atoms with Crippen molar-refractivity contribution in [3.8, 4) is 0 Å². The molecule has 0 bridgehead atoms. The van der Waals surface area contributed by atoms with Crippen molar-refractivity contribution in [1.29, 1.82) is 0 Å². The fourth-order valence-corrected chi connectivity index (χ4v) is 3.03. The maximum Gasteiger partial charge on any atom is 0.269 e. The summed E-state index contributed by atoms with van der Waals surface area (Å²) in [7, 11) is 0. The fourth-order valence-electron chi connectivity index (χ4n) is 3.03. The van der Waals surface area contributed by atoms with Gasteiger partial charge in [0.05, 0.1) is 4.92 Å². The van der Waals surface area contributed by atoms with Gasteiger partial charge in [-0.05, 0) is 23.1 Å². The van der Waals surface area contributed by atoms with Crippen molar-refractivity contribution in [2.24, 2.45) is 5.73 Å². The molecule has 0 amide bonds. The normalized spacial score (nSPS) is 15.5. The summed E-state index contributed by atoms with van der Waals surface area (Å²) in [6.45, 7) is 2.65. The largest absolute Gasteiger partial charge is 0.326 e. The minimum Gasteiger partial charge on any atom is -0.326 e. The van der Waals surface area contributed by atoms with E-state index in [0.29, 0.717) is 6.42 Å². The first-order valence-electron chi connectivity index (χ1n) is 7.40. The maximum atomic E-state index is 10.8. The van der Waals surface area contributed by atoms with Gasteiger partial charge < -0.3 is 5.73 Å². The van der Waals surface area contributed by atoms with Crippen LogP contribution in [0.15, 0.2) is 48.5 Å². The van der Waals surface area contributed by atoms with E-state index in [1.165, 1.54) is 17.2 Å². The molecule has 2 N–H and O–H groups in total. The van der Waals surface area contributed by atoms with Crippen LogP contribution < -0.4 is 5.73 Å². The zero-order valence-corrected chi connectivity index (χ0v) is 12.3. The van der Waals surface area contributed by atoms with Crippen LogP contribution in [0.2, 0.25) is 0 Å². The third-order valence-electron chi connectivity index (χ3n) is 4.02. The number of nitro groups is 1. The summed E-state index contributed by atoms with van der Waals surface area (Å²) in [5.41, 5.74) is 10.0. The highest BCUT2D eigenvalue weighted by molar-refractivity contribution is 5.34. The molecule has 0 aliphatic carbocycles. The molecule has 0 saturated heterocycles. The van der Waals surface area contributed by atoms with Crippen molar-refractivity contribution in [3.63, 3.8) is 0 Å². The summed E-state index contributed by atoms with van der Waals surface area (Å²) in [6.07, 6.45) is 0.647. The Morgan fingerprint density at radius 3 is 2.45 bits per heavy atom. The van der Waals surface area contributed by atoms with Crippen molar-refractivity contribution in [3.05, 3.63) is 75.3 Å². The van der Waals surface area contributed by atoms with E-state index < -0.39 is 0 Å². The van der Waals surface area contributed by atoms with Crippen LogP contribution >= 0.6 is 0 Å². The number of rotatable bonds is 5. The lowest BCUT2D eigenvalue weighted by Crippen LogP contribution is -2.36. The van der Waals surface area contributed by atoms with E-state index in [2.05, 4.69) is 29.2 Å². The predicted octanol–water partition coefficient (Wildman–Crippen LogP) is 2.48. The van der Waals surface area contributed by atoms with Crippen molar-refractivity contribution in [1.82, 2.24) is 4.90 Å². The van der Waals surface area contributed by atoms with Gasteiger partial charge in [0.1, 0.15) is 0 Å². The Balaban J connectivity index is 1.59. The van der Waals surface area contributed by atoms with E-state index in [0.717, 1.165) is 25.2 Å². The Morgan fingerprint density at radius 1 is 1.14 bits per heavy atom. The van der Waals surface area contributed by atoms with Gasteiger partial charge in [-0.1, -0.05) is 36.4 Å². The Bertz CT molecular complexity index is 662. The topological polar surface area (TPSA) is 72.4 Å². The maximum absolute atomic E-state index is 10.8. The summed E-state index contributed by atoms with van der Waals surface area (Å²) in [5, 5.41) is 10.8. The van der Waals surface area contributed by atoms with Gasteiger partial charge in [0.25, 0.3) is 5.69 Å². The lowest BCUT2D eigenvalue weighted by molar-refractivity contribution is -0.384. The summed E-state index contributed by atoms with van der Waals surface area (Å²) in [4.78, 5) is 12.8. The zero-order valence-electron chi connectivity index (χ0n) is 12.3. The molecule has 5 nitrogen and oxygen atoms in total. The standard InChI is InChI=1S/C17H19N3O2/c18-16(8-13-4-3-7-17(9-13)20(21)22)12-19-10-14-5-1-2-6-15(14)11-19/h1-7,9,16H,8,10-12,18H2/t16-/m1/s1. The molecule has 0 spiro atoms. The van der Waals surface area contributed by atoms with Crippen LogP contribution in [-0.4, -0.2) is 22.4 Å². The summed E-state index contributed by atoms with van der Waals surface area (Å²) < 4.78 is 0. The van der Waals surface area contributed by atoms with Gasteiger partial charge in [-0.25, -0.2) is 0 Å². The van der Waals surface area contributed by atoms with E-state index in [9.17, 15) is 10.1 Å². The Labute approximate surface area is 129 Å². The molecule has 1 heterocycles. The van der Waals surface area contributed by atoms with Crippen LogP contribution in [0.3, 0.4) is 0 Å². The minimum atomic E-state index is -0.369. The molecule has 3 rings (SSSR count). The number of benzene rings is 2. The molecule has 2 aromatic carbocycles. The molecule has 22 heavy (non-hydrogen) atoms. The summed E-state index contributed by atoms with van der Waals surface area (Å²) in [5.74, 6) is 0. The van der Waals surface area contributed by atoms with Crippen molar-refractivity contribution >= 4 is 5.69 Å². The molecular formula is C17H19N3O2. The molecule has 1 aliphatic heterocycles. The van der Waals surface area contributed by atoms with Crippen molar-refractivity contribution in [2.75, 3.05) is 6.54 Å². The number of nitro benzene ring substituents is 1. The van der Waals surface area contributed by atoms with Crippen LogP contribution in [0, 0.1) is 10.1 Å². The zero-order chi connectivity index (χ0) is 15.5. The second-order valence-corrected chi connectivity index (χ2v) is 5.83. The van der Waals surface area contributed by atoms with Crippen LogP contribution in [0.4, 0.5) is 5.69 Å². The molecule has 0 unspecified atom stereocenters. The van der Waals surface area contributed by atoms with Crippen LogP contribution in [0.1, 0.15) is 16.7 Å². The van der Waals surface area contributed by atoms with Crippen molar-refractivity contribution < 1.29 is 4.92 Å². The first-order chi connectivity index (χ1) is 10.6. The predicted molar refractivity (Wildman–Crippen MR) is 85.3 cm³/mol. The molecule has 5 heteroatoms. The molecule has 0 saturated carbocycles. The van der Waals surface area contributed by atoms with E-state index in [4.69, 9.17) is 5.73 Å². The highest BCUT2D eigenvalue weighted by atomic mass is 16.6. The van der Waals surface area contributed by atoms with Gasteiger partial charge in [0.2, 0.25) is 0 Å². The molecule has 0 aromatic heterocycles. The molecule has 1 atom stereocenters. The number of non-ortho nitro benzene ring substituents is 1. The van der Waals surface area contributed by atoms with Crippen LogP contribution in [0.25, 0.3) is 0 Å². The Morgan fingerprint density at radius 2 is 1.82 bits per heavy atom. The summed E-state index contributed by atoms with van der Waals surface area (Å²) >= 11 is 0. The summed E-state index contributed by atoms with van der Waals surface area (Å²) in [6, 6.07) is 15.1. The molecular weight excluding hydrogens is 278 g/mol. The van der Waals surface area contributed by atoms with Crippen LogP contribution in [0.5, 0.6) is 0 Å². The highest BCUT2D eigenvalue weighted by Gasteiger charge is 2.20. The molecule has 114 valence electrons. The first kappa shape index (κ1) is 14.7. The van der Waals surface area contributed by atoms with E-state index in [1.807, 2.05) is 6.07 Å². The van der Waals surface area contributed by atoms with E-state index in [-0.39, 0.29) is 16.7 Å². The minimum absolute atomic E-state index is 0.0312. The van der Waals surface area contributed by atoms with Crippen molar-refractivity contribution in [2.45, 2.75) is 25.6 Å². The number of nitrogens with zero attached hydrogens (tertiary/aromatic N) is 2. The molecule has 0 radical (unpaired) electrons. The molecule has 2 aromatic rings.